The molecule has 0 bridgehead atoms. The third-order valence-corrected chi connectivity index (χ3v) is 3.64. The van der Waals surface area contributed by atoms with Crippen molar-refractivity contribution in [1.82, 2.24) is 9.55 Å². The monoisotopic (exact) mass is 273 g/mol. The standard InChI is InChI=1S/C15H19N3S/c1-11(2)5-3-4-8-18-14-9-12(10-16)6-7-13(14)17-15(18)19/h6-7,9,11H,3-5,8H2,1-2H3,(H,17,19). The minimum absolute atomic E-state index is 0.678. The van der Waals surface area contributed by atoms with E-state index in [-0.39, 0.29) is 0 Å². The number of aryl methyl sites for hydroxylation is 1. The summed E-state index contributed by atoms with van der Waals surface area (Å²) in [6.07, 6.45) is 3.58. The first kappa shape index (κ1) is 13.8. The van der Waals surface area contributed by atoms with E-state index in [0.29, 0.717) is 5.56 Å². The Hall–Kier alpha value is -1.60. The third kappa shape index (κ3) is 3.24. The minimum Gasteiger partial charge on any atom is -0.331 e. The van der Waals surface area contributed by atoms with Crippen LogP contribution in [0.3, 0.4) is 0 Å². The number of aromatic amines is 1. The van der Waals surface area contributed by atoms with Crippen LogP contribution in [0.15, 0.2) is 18.2 Å². The Labute approximate surface area is 118 Å². The van der Waals surface area contributed by atoms with Crippen LogP contribution < -0.4 is 0 Å². The Kier molecular flexibility index (Phi) is 4.39. The second-order valence-corrected chi connectivity index (χ2v) is 5.70. The van der Waals surface area contributed by atoms with E-state index in [2.05, 4.69) is 29.5 Å². The van der Waals surface area contributed by atoms with Crippen LogP contribution in [0.4, 0.5) is 0 Å². The van der Waals surface area contributed by atoms with Crippen LogP contribution in [-0.2, 0) is 6.54 Å². The van der Waals surface area contributed by atoms with Crippen LogP contribution >= 0.6 is 12.2 Å². The van der Waals surface area contributed by atoms with Crippen molar-refractivity contribution >= 4 is 23.3 Å². The molecule has 0 aliphatic carbocycles. The quantitative estimate of drug-likeness (QED) is 0.648. The van der Waals surface area contributed by atoms with Crippen LogP contribution in [0.5, 0.6) is 0 Å². The van der Waals surface area contributed by atoms with Crippen LogP contribution in [0.25, 0.3) is 11.0 Å². The summed E-state index contributed by atoms with van der Waals surface area (Å²) >= 11 is 5.36. The van der Waals surface area contributed by atoms with Crippen molar-refractivity contribution in [2.45, 2.75) is 39.7 Å². The fraction of sp³-hybridized carbons (Fsp3) is 0.467. The zero-order valence-electron chi connectivity index (χ0n) is 11.4. The number of rotatable bonds is 5. The highest BCUT2D eigenvalue weighted by molar-refractivity contribution is 7.71. The molecule has 2 aromatic rings. The molecular weight excluding hydrogens is 254 g/mol. The summed E-state index contributed by atoms with van der Waals surface area (Å²) in [5, 5.41) is 8.97. The van der Waals surface area contributed by atoms with Gasteiger partial charge in [-0.05, 0) is 42.8 Å². The lowest BCUT2D eigenvalue weighted by Gasteiger charge is -2.06. The van der Waals surface area contributed by atoms with Crippen molar-refractivity contribution in [1.29, 1.82) is 5.26 Å². The van der Waals surface area contributed by atoms with Crippen LogP contribution in [0.1, 0.15) is 38.7 Å². The fourth-order valence-corrected chi connectivity index (χ4v) is 2.57. The molecule has 0 saturated heterocycles. The normalized spacial score (nSPS) is 11.1. The Morgan fingerprint density at radius 2 is 2.16 bits per heavy atom. The lowest BCUT2D eigenvalue weighted by molar-refractivity contribution is 0.511. The second kappa shape index (κ2) is 6.03. The predicted octanol–water partition coefficient (Wildman–Crippen LogP) is 4.40. The number of H-pyrrole nitrogens is 1. The molecule has 1 aromatic carbocycles. The van der Waals surface area contributed by atoms with Crippen molar-refractivity contribution < 1.29 is 0 Å². The van der Waals surface area contributed by atoms with E-state index in [1.807, 2.05) is 18.2 Å². The molecule has 2 rings (SSSR count). The molecule has 1 N–H and O–H groups in total. The molecule has 0 radical (unpaired) electrons. The largest absolute Gasteiger partial charge is 0.331 e. The van der Waals surface area contributed by atoms with Gasteiger partial charge in [-0.1, -0.05) is 26.7 Å². The molecule has 0 amide bonds. The first-order valence-corrected chi connectivity index (χ1v) is 7.15. The number of fused-ring (bicyclic) bond motifs is 1. The minimum atomic E-state index is 0.678. The van der Waals surface area contributed by atoms with Gasteiger partial charge in [0, 0.05) is 6.54 Å². The fourth-order valence-electron chi connectivity index (χ4n) is 2.27. The van der Waals surface area contributed by atoms with E-state index in [1.54, 1.807) is 0 Å². The van der Waals surface area contributed by atoms with Gasteiger partial charge in [-0.15, -0.1) is 0 Å². The first-order chi connectivity index (χ1) is 9.11. The number of nitriles is 1. The van der Waals surface area contributed by atoms with Gasteiger partial charge >= 0.3 is 0 Å². The molecule has 1 aromatic heterocycles. The summed E-state index contributed by atoms with van der Waals surface area (Å²) in [7, 11) is 0. The summed E-state index contributed by atoms with van der Waals surface area (Å²) < 4.78 is 2.85. The number of hydrogen-bond donors (Lipinski definition) is 1. The van der Waals surface area contributed by atoms with Crippen molar-refractivity contribution in [3.05, 3.63) is 28.5 Å². The lowest BCUT2D eigenvalue weighted by Crippen LogP contribution is -1.99. The maximum Gasteiger partial charge on any atom is 0.178 e. The highest BCUT2D eigenvalue weighted by Crippen LogP contribution is 2.17. The van der Waals surface area contributed by atoms with Crippen LogP contribution in [-0.4, -0.2) is 9.55 Å². The number of hydrogen-bond acceptors (Lipinski definition) is 2. The maximum atomic E-state index is 8.97. The Bertz CT molecular complexity index is 658. The first-order valence-electron chi connectivity index (χ1n) is 6.74. The van der Waals surface area contributed by atoms with E-state index in [4.69, 9.17) is 17.5 Å². The highest BCUT2D eigenvalue weighted by Gasteiger charge is 2.05. The summed E-state index contributed by atoms with van der Waals surface area (Å²) in [6.45, 7) is 5.41. The number of aromatic nitrogens is 2. The van der Waals surface area contributed by atoms with Gasteiger partial charge in [0.15, 0.2) is 4.77 Å². The van der Waals surface area contributed by atoms with E-state index in [9.17, 15) is 0 Å². The molecule has 3 nitrogen and oxygen atoms in total. The maximum absolute atomic E-state index is 8.97. The Morgan fingerprint density at radius 1 is 1.37 bits per heavy atom. The average Bonchev–Trinajstić information content (AvgIpc) is 2.69. The molecule has 1 heterocycles. The molecule has 0 fully saturated rings. The van der Waals surface area contributed by atoms with Crippen molar-refractivity contribution in [3.8, 4) is 6.07 Å². The van der Waals surface area contributed by atoms with Crippen LogP contribution in [0.2, 0.25) is 0 Å². The summed E-state index contributed by atoms with van der Waals surface area (Å²) in [4.78, 5) is 3.20. The Balaban J connectivity index is 2.20. The summed E-state index contributed by atoms with van der Waals surface area (Å²) in [5.74, 6) is 0.751. The molecule has 4 heteroatoms. The summed E-state index contributed by atoms with van der Waals surface area (Å²) in [6, 6.07) is 7.82. The van der Waals surface area contributed by atoms with E-state index < -0.39 is 0 Å². The van der Waals surface area contributed by atoms with E-state index >= 15 is 0 Å². The van der Waals surface area contributed by atoms with Crippen LogP contribution in [0, 0.1) is 22.0 Å². The lowest BCUT2D eigenvalue weighted by atomic mass is 10.1. The van der Waals surface area contributed by atoms with E-state index in [1.165, 1.54) is 12.8 Å². The van der Waals surface area contributed by atoms with Gasteiger partial charge in [-0.25, -0.2) is 0 Å². The molecule has 0 saturated carbocycles. The van der Waals surface area contributed by atoms with Gasteiger partial charge in [0.25, 0.3) is 0 Å². The molecule has 19 heavy (non-hydrogen) atoms. The Morgan fingerprint density at radius 3 is 2.84 bits per heavy atom. The zero-order chi connectivity index (χ0) is 13.8. The molecule has 100 valence electrons. The van der Waals surface area contributed by atoms with Gasteiger partial charge in [-0.2, -0.15) is 5.26 Å². The molecule has 0 spiro atoms. The zero-order valence-corrected chi connectivity index (χ0v) is 12.3. The number of nitrogens with one attached hydrogen (secondary N) is 1. The molecule has 0 unspecified atom stereocenters. The SMILES string of the molecule is CC(C)CCCCn1c(=S)[nH]c2ccc(C#N)cc21. The molecule has 0 aliphatic heterocycles. The van der Waals surface area contributed by atoms with Gasteiger partial charge < -0.3 is 9.55 Å². The van der Waals surface area contributed by atoms with Gasteiger partial charge in [0.1, 0.15) is 0 Å². The van der Waals surface area contributed by atoms with Crippen molar-refractivity contribution in [2.24, 2.45) is 5.92 Å². The van der Waals surface area contributed by atoms with Crippen molar-refractivity contribution in [3.63, 3.8) is 0 Å². The third-order valence-electron chi connectivity index (χ3n) is 3.32. The number of unbranched alkanes of at least 4 members (excludes halogenated alkanes) is 1. The number of imidazole rings is 1. The van der Waals surface area contributed by atoms with Crippen molar-refractivity contribution in [2.75, 3.05) is 0 Å². The van der Waals surface area contributed by atoms with Gasteiger partial charge in [-0.3, -0.25) is 0 Å². The van der Waals surface area contributed by atoms with E-state index in [0.717, 1.165) is 34.7 Å². The summed E-state index contributed by atoms with van der Waals surface area (Å²) in [5.41, 5.74) is 2.72. The molecule has 0 aliphatic rings. The molecular formula is C15H19N3S. The van der Waals surface area contributed by atoms with Gasteiger partial charge in [0.2, 0.25) is 0 Å². The smallest absolute Gasteiger partial charge is 0.178 e. The molecule has 0 atom stereocenters. The predicted molar refractivity (Wildman–Crippen MR) is 80.5 cm³/mol. The highest BCUT2D eigenvalue weighted by atomic mass is 32.1. The number of nitrogens with zero attached hydrogens (tertiary/aromatic N) is 2. The average molecular weight is 273 g/mol. The van der Waals surface area contributed by atoms with Gasteiger partial charge in [0.05, 0.1) is 22.7 Å². The topological polar surface area (TPSA) is 44.5 Å². The second-order valence-electron chi connectivity index (χ2n) is 5.32. The number of benzene rings is 1.